The van der Waals surface area contributed by atoms with E-state index in [1.54, 1.807) is 18.5 Å². The van der Waals surface area contributed by atoms with Crippen molar-refractivity contribution in [2.45, 2.75) is 19.8 Å². The van der Waals surface area contributed by atoms with E-state index >= 15 is 0 Å². The zero-order valence-corrected chi connectivity index (χ0v) is 19.9. The van der Waals surface area contributed by atoms with Gasteiger partial charge in [-0.15, -0.1) is 0 Å². The van der Waals surface area contributed by atoms with Gasteiger partial charge in [0.1, 0.15) is 12.1 Å². The second-order valence-electron chi connectivity index (χ2n) is 8.20. The molecule has 2 unspecified atom stereocenters. The summed E-state index contributed by atoms with van der Waals surface area (Å²) in [5.74, 6) is -0.212. The lowest BCUT2D eigenvalue weighted by molar-refractivity contribution is 0.0960. The minimum Gasteiger partial charge on any atom is -0.467 e. The second-order valence-corrected chi connectivity index (χ2v) is 8.20. The Balaban J connectivity index is 1.52. The molecule has 4 rings (SSSR count). The molecule has 1 amide bonds. The van der Waals surface area contributed by atoms with Crippen LogP contribution in [0.4, 0.5) is 10.2 Å². The first-order chi connectivity index (χ1) is 16.9. The van der Waals surface area contributed by atoms with Crippen LogP contribution in [0, 0.1) is 11.7 Å². The maximum Gasteiger partial charge on any atom is 0.316 e. The molecule has 9 nitrogen and oxygen atoms in total. The van der Waals surface area contributed by atoms with Gasteiger partial charge in [-0.1, -0.05) is 32.0 Å². The fourth-order valence-corrected chi connectivity index (χ4v) is 3.86. The van der Waals surface area contributed by atoms with E-state index < -0.39 is 11.7 Å². The number of hydrogen-bond acceptors (Lipinski definition) is 8. The quantitative estimate of drug-likeness (QED) is 0.395. The monoisotopic (exact) mass is 475 g/mol. The van der Waals surface area contributed by atoms with Gasteiger partial charge in [-0.2, -0.15) is 0 Å². The molecule has 0 aliphatic rings. The molecule has 180 valence electrons. The predicted molar refractivity (Wildman–Crippen MR) is 131 cm³/mol. The molecule has 10 heteroatoms. The summed E-state index contributed by atoms with van der Waals surface area (Å²) < 4.78 is 19.4. The topological polar surface area (TPSA) is 115 Å². The lowest BCUT2D eigenvalue weighted by atomic mass is 9.87. The number of amides is 1. The number of nitrogens with zero attached hydrogens (tertiary/aromatic N) is 5. The van der Waals surface area contributed by atoms with Crippen LogP contribution in [-0.4, -0.2) is 51.5 Å². The van der Waals surface area contributed by atoms with Gasteiger partial charge in [0.05, 0.1) is 30.1 Å². The van der Waals surface area contributed by atoms with Crippen LogP contribution in [0.25, 0.3) is 22.2 Å². The molecule has 2 N–H and O–H groups in total. The third-order valence-electron chi connectivity index (χ3n) is 6.06. The first-order valence-corrected chi connectivity index (χ1v) is 11.1. The zero-order chi connectivity index (χ0) is 24.9. The molecule has 0 saturated carbocycles. The number of benzene rings is 1. The van der Waals surface area contributed by atoms with E-state index in [9.17, 15) is 9.18 Å². The van der Waals surface area contributed by atoms with Gasteiger partial charge in [-0.05, 0) is 17.4 Å². The van der Waals surface area contributed by atoms with Crippen LogP contribution < -0.4 is 15.4 Å². The van der Waals surface area contributed by atoms with Gasteiger partial charge in [-0.25, -0.2) is 24.3 Å². The molecule has 0 radical (unpaired) electrons. The highest BCUT2D eigenvalue weighted by atomic mass is 19.1. The number of fused-ring (bicyclic) bond motifs is 1. The number of carbonyl (C=O) groups excluding carboxylic acids is 1. The summed E-state index contributed by atoms with van der Waals surface area (Å²) >= 11 is 0. The standard InChI is InChI=1S/C25H26FN7O2/c1-14(9-28-21-8-20(32-13-33-21)16-10-30-25(35-4)31-11-16)15(2)17-6-5-7-18-22(24(34)27-3)19(26)12-29-23(17)18/h5-8,10-15H,9H2,1-4H3,(H,27,34)(H,28,32,33). The Morgan fingerprint density at radius 3 is 2.57 bits per heavy atom. The molecule has 0 spiro atoms. The normalized spacial score (nSPS) is 12.7. The third kappa shape index (κ3) is 5.01. The number of halogens is 1. The third-order valence-corrected chi connectivity index (χ3v) is 6.06. The maximum absolute atomic E-state index is 14.4. The summed E-state index contributed by atoms with van der Waals surface area (Å²) in [6.45, 7) is 4.82. The maximum atomic E-state index is 14.4. The van der Waals surface area contributed by atoms with E-state index in [1.165, 1.54) is 20.5 Å². The molecule has 3 heterocycles. The van der Waals surface area contributed by atoms with Gasteiger partial charge < -0.3 is 15.4 Å². The molecule has 0 aliphatic heterocycles. The number of nitrogens with one attached hydrogen (secondary N) is 2. The van der Waals surface area contributed by atoms with Crippen molar-refractivity contribution in [1.82, 2.24) is 30.2 Å². The Morgan fingerprint density at radius 2 is 1.86 bits per heavy atom. The van der Waals surface area contributed by atoms with Crippen molar-refractivity contribution in [3.63, 3.8) is 0 Å². The molecule has 0 aliphatic carbocycles. The minimum absolute atomic E-state index is 0.00774. The van der Waals surface area contributed by atoms with Crippen molar-refractivity contribution in [3.8, 4) is 17.3 Å². The molecule has 35 heavy (non-hydrogen) atoms. The van der Waals surface area contributed by atoms with Crippen LogP contribution >= 0.6 is 0 Å². The molecule has 0 bridgehead atoms. The van der Waals surface area contributed by atoms with Crippen molar-refractivity contribution in [2.24, 2.45) is 5.92 Å². The van der Waals surface area contributed by atoms with Crippen molar-refractivity contribution in [2.75, 3.05) is 26.0 Å². The first-order valence-electron chi connectivity index (χ1n) is 11.1. The second kappa shape index (κ2) is 10.4. The van der Waals surface area contributed by atoms with Crippen molar-refractivity contribution >= 4 is 22.6 Å². The molecule has 4 aromatic rings. The number of hydrogen-bond donors (Lipinski definition) is 2. The van der Waals surface area contributed by atoms with E-state index in [-0.39, 0.29) is 23.4 Å². The number of carbonyl (C=O) groups is 1. The van der Waals surface area contributed by atoms with Crippen molar-refractivity contribution in [3.05, 3.63) is 66.1 Å². The van der Waals surface area contributed by atoms with Crippen molar-refractivity contribution in [1.29, 1.82) is 0 Å². The van der Waals surface area contributed by atoms with Gasteiger partial charge in [0.25, 0.3) is 5.91 Å². The fourth-order valence-electron chi connectivity index (χ4n) is 3.86. The first kappa shape index (κ1) is 23.9. The van der Waals surface area contributed by atoms with E-state index in [0.717, 1.165) is 17.3 Å². The van der Waals surface area contributed by atoms with Crippen LogP contribution in [0.5, 0.6) is 6.01 Å². The largest absolute Gasteiger partial charge is 0.467 e. The smallest absolute Gasteiger partial charge is 0.316 e. The Bertz CT molecular complexity index is 1350. The van der Waals surface area contributed by atoms with Crippen molar-refractivity contribution < 1.29 is 13.9 Å². The van der Waals surface area contributed by atoms with Gasteiger partial charge in [0.2, 0.25) is 0 Å². The number of pyridine rings is 1. The van der Waals surface area contributed by atoms with Crippen LogP contribution in [0.2, 0.25) is 0 Å². The molecule has 2 atom stereocenters. The Labute approximate surface area is 202 Å². The van der Waals surface area contributed by atoms with E-state index in [0.29, 0.717) is 29.0 Å². The highest BCUT2D eigenvalue weighted by Crippen LogP contribution is 2.32. The fraction of sp³-hybridized carbons (Fsp3) is 0.280. The van der Waals surface area contributed by atoms with E-state index in [2.05, 4.69) is 49.4 Å². The van der Waals surface area contributed by atoms with Gasteiger partial charge in [0, 0.05) is 43.0 Å². The highest BCUT2D eigenvalue weighted by Gasteiger charge is 2.22. The average molecular weight is 476 g/mol. The van der Waals surface area contributed by atoms with Crippen LogP contribution in [-0.2, 0) is 0 Å². The molecule has 0 fully saturated rings. The lowest BCUT2D eigenvalue weighted by Gasteiger charge is -2.22. The SMILES string of the molecule is CNC(=O)c1c(F)cnc2c(C(C)C(C)CNc3cc(-c4cnc(OC)nc4)ncn3)cccc12. The molecule has 3 aromatic heterocycles. The Hall–Kier alpha value is -4.21. The number of rotatable bonds is 8. The number of methoxy groups -OCH3 is 1. The van der Waals surface area contributed by atoms with Gasteiger partial charge in [0.15, 0.2) is 5.82 Å². The minimum atomic E-state index is -0.641. The predicted octanol–water partition coefficient (Wildman–Crippen LogP) is 3.84. The summed E-state index contributed by atoms with van der Waals surface area (Å²) in [5.41, 5.74) is 3.01. The molecular formula is C25H26FN7O2. The summed E-state index contributed by atoms with van der Waals surface area (Å²) in [6.07, 6.45) is 5.88. The number of aromatic nitrogens is 5. The number of ether oxygens (including phenoxy) is 1. The Kier molecular flexibility index (Phi) is 7.09. The number of anilines is 1. The highest BCUT2D eigenvalue weighted by molar-refractivity contribution is 6.06. The van der Waals surface area contributed by atoms with E-state index in [4.69, 9.17) is 4.74 Å². The molecule has 0 saturated heterocycles. The van der Waals surface area contributed by atoms with E-state index in [1.807, 2.05) is 18.2 Å². The number of para-hydroxylation sites is 1. The molecular weight excluding hydrogens is 449 g/mol. The van der Waals surface area contributed by atoms with Crippen LogP contribution in [0.1, 0.15) is 35.7 Å². The summed E-state index contributed by atoms with van der Waals surface area (Å²) in [7, 11) is 2.99. The average Bonchev–Trinajstić information content (AvgIpc) is 2.90. The lowest BCUT2D eigenvalue weighted by Crippen LogP contribution is -2.21. The van der Waals surface area contributed by atoms with Gasteiger partial charge in [-0.3, -0.25) is 9.78 Å². The van der Waals surface area contributed by atoms with Gasteiger partial charge >= 0.3 is 6.01 Å². The summed E-state index contributed by atoms with van der Waals surface area (Å²) in [6, 6.07) is 7.64. The van der Waals surface area contributed by atoms with Crippen LogP contribution in [0.15, 0.2) is 49.2 Å². The Morgan fingerprint density at radius 1 is 1.09 bits per heavy atom. The summed E-state index contributed by atoms with van der Waals surface area (Å²) in [5, 5.41) is 6.36. The summed E-state index contributed by atoms with van der Waals surface area (Å²) in [4.78, 5) is 33.4. The van der Waals surface area contributed by atoms with Crippen LogP contribution in [0.3, 0.4) is 0 Å². The zero-order valence-electron chi connectivity index (χ0n) is 19.9. The molecule has 1 aromatic carbocycles.